The predicted octanol–water partition coefficient (Wildman–Crippen LogP) is 3.91. The molecule has 6 atom stereocenters. The lowest BCUT2D eigenvalue weighted by Crippen LogP contribution is -2.53. The summed E-state index contributed by atoms with van der Waals surface area (Å²) in [5.41, 5.74) is 1.72. The Labute approximate surface area is 171 Å². The van der Waals surface area contributed by atoms with Crippen LogP contribution in [-0.4, -0.2) is 30.4 Å². The van der Waals surface area contributed by atoms with E-state index in [0.717, 1.165) is 37.7 Å². The Morgan fingerprint density at radius 1 is 1.17 bits per heavy atom. The van der Waals surface area contributed by atoms with Gasteiger partial charge < -0.3 is 9.47 Å². The van der Waals surface area contributed by atoms with Crippen LogP contribution in [-0.2, 0) is 23.9 Å². The fourth-order valence-corrected chi connectivity index (χ4v) is 7.53. The molecule has 0 aromatic rings. The lowest BCUT2D eigenvalue weighted by molar-refractivity contribution is -0.163. The lowest BCUT2D eigenvalue weighted by atomic mass is 9.48. The van der Waals surface area contributed by atoms with Gasteiger partial charge in [0.25, 0.3) is 0 Å². The van der Waals surface area contributed by atoms with Crippen molar-refractivity contribution in [2.24, 2.45) is 28.6 Å². The van der Waals surface area contributed by atoms with Gasteiger partial charge in [-0.1, -0.05) is 31.1 Å². The van der Waals surface area contributed by atoms with Gasteiger partial charge in [-0.15, -0.1) is 0 Å². The van der Waals surface area contributed by atoms with Crippen LogP contribution >= 0.6 is 0 Å². The van der Waals surface area contributed by atoms with Gasteiger partial charge in [0.15, 0.2) is 5.78 Å². The molecule has 3 fully saturated rings. The Kier molecular flexibility index (Phi) is 3.98. The number of ether oxygens (including phenoxy) is 2. The van der Waals surface area contributed by atoms with E-state index in [0.29, 0.717) is 19.3 Å². The number of esters is 2. The SMILES string of the molecule is COC(=O)[C@H]1CC2=CC(=O)CC[C@]2(C)C2=CC[C@]3(C)[C@H](CC[C@@]34CCC(=O)O4)[C@@H]21. The molecule has 0 radical (unpaired) electrons. The molecule has 5 nitrogen and oxygen atoms in total. The van der Waals surface area contributed by atoms with Crippen LogP contribution in [0.3, 0.4) is 0 Å². The molecule has 5 heteroatoms. The standard InChI is InChI=1S/C24H30O5/c1-22-8-4-15(25)12-14(22)13-16(21(27)28-3)20-17(22)5-9-23(2)18(20)6-10-24(23)11-7-19(26)29-24/h5,12,16,18,20H,4,6-11,13H2,1-3H3/t16-,18+,20+,22-,23+,24+/m0/s1. The fraction of sp³-hybridized carbons (Fsp3) is 0.708. The maximum absolute atomic E-state index is 12.9. The van der Waals surface area contributed by atoms with Crippen LogP contribution in [0.5, 0.6) is 0 Å². The smallest absolute Gasteiger partial charge is 0.309 e. The van der Waals surface area contributed by atoms with E-state index in [1.54, 1.807) is 6.08 Å². The fourth-order valence-electron chi connectivity index (χ4n) is 7.53. The molecule has 0 bridgehead atoms. The number of hydrogen-bond acceptors (Lipinski definition) is 5. The van der Waals surface area contributed by atoms with Gasteiger partial charge in [0, 0.05) is 23.7 Å². The third kappa shape index (κ3) is 2.36. The zero-order valence-corrected chi connectivity index (χ0v) is 17.6. The third-order valence-electron chi connectivity index (χ3n) is 9.23. The van der Waals surface area contributed by atoms with Crippen molar-refractivity contribution in [2.45, 2.75) is 70.8 Å². The summed E-state index contributed by atoms with van der Waals surface area (Å²) in [6.07, 6.45) is 10.1. The molecule has 0 aromatic heterocycles. The van der Waals surface area contributed by atoms with Crippen molar-refractivity contribution >= 4 is 17.7 Å². The van der Waals surface area contributed by atoms with Crippen molar-refractivity contribution in [3.05, 3.63) is 23.3 Å². The Balaban J connectivity index is 1.63. The summed E-state index contributed by atoms with van der Waals surface area (Å²) in [4.78, 5) is 37.1. The average Bonchev–Trinajstić information content (AvgIpc) is 3.22. The number of ketones is 1. The minimum Gasteiger partial charge on any atom is -0.469 e. The van der Waals surface area contributed by atoms with Crippen molar-refractivity contribution in [1.82, 2.24) is 0 Å². The van der Waals surface area contributed by atoms with Crippen molar-refractivity contribution in [2.75, 3.05) is 7.11 Å². The Morgan fingerprint density at radius 2 is 1.97 bits per heavy atom. The summed E-state index contributed by atoms with van der Waals surface area (Å²) >= 11 is 0. The van der Waals surface area contributed by atoms with E-state index >= 15 is 0 Å². The summed E-state index contributed by atoms with van der Waals surface area (Å²) in [5.74, 6) is 0.00356. The van der Waals surface area contributed by atoms with Crippen molar-refractivity contribution in [3.63, 3.8) is 0 Å². The molecule has 5 rings (SSSR count). The first-order valence-corrected chi connectivity index (χ1v) is 11.0. The first-order valence-electron chi connectivity index (χ1n) is 11.0. The maximum atomic E-state index is 12.9. The zero-order chi connectivity index (χ0) is 20.6. The third-order valence-corrected chi connectivity index (χ3v) is 9.23. The maximum Gasteiger partial charge on any atom is 0.309 e. The van der Waals surface area contributed by atoms with E-state index in [9.17, 15) is 14.4 Å². The number of methoxy groups -OCH3 is 1. The van der Waals surface area contributed by atoms with E-state index in [1.807, 2.05) is 0 Å². The minimum absolute atomic E-state index is 0.0854. The first-order chi connectivity index (χ1) is 13.7. The molecule has 29 heavy (non-hydrogen) atoms. The highest BCUT2D eigenvalue weighted by molar-refractivity contribution is 5.92. The van der Waals surface area contributed by atoms with Crippen LogP contribution in [0.15, 0.2) is 23.3 Å². The first kappa shape index (κ1) is 19.1. The van der Waals surface area contributed by atoms with Gasteiger partial charge in [0.05, 0.1) is 13.0 Å². The Bertz CT molecular complexity index is 868. The van der Waals surface area contributed by atoms with E-state index in [2.05, 4.69) is 19.9 Å². The highest BCUT2D eigenvalue weighted by Gasteiger charge is 2.67. The number of hydrogen-bond donors (Lipinski definition) is 0. The lowest BCUT2D eigenvalue weighted by Gasteiger charge is -2.56. The van der Waals surface area contributed by atoms with Crippen LogP contribution in [0, 0.1) is 28.6 Å². The molecule has 0 N–H and O–H groups in total. The zero-order valence-electron chi connectivity index (χ0n) is 17.6. The van der Waals surface area contributed by atoms with Crippen LogP contribution in [0.4, 0.5) is 0 Å². The van der Waals surface area contributed by atoms with Gasteiger partial charge in [-0.25, -0.2) is 0 Å². The molecule has 1 saturated heterocycles. The van der Waals surface area contributed by atoms with Gasteiger partial charge in [0.1, 0.15) is 5.60 Å². The molecule has 5 aliphatic rings. The van der Waals surface area contributed by atoms with Gasteiger partial charge in [-0.05, 0) is 56.4 Å². The van der Waals surface area contributed by atoms with Crippen molar-refractivity contribution in [3.8, 4) is 0 Å². The van der Waals surface area contributed by atoms with Crippen LogP contribution in [0.2, 0.25) is 0 Å². The highest BCUT2D eigenvalue weighted by atomic mass is 16.6. The minimum atomic E-state index is -0.392. The second-order valence-electron chi connectivity index (χ2n) is 10.2. The van der Waals surface area contributed by atoms with E-state index < -0.39 is 5.60 Å². The number of allylic oxidation sites excluding steroid dienone is 4. The summed E-state index contributed by atoms with van der Waals surface area (Å²) in [6.45, 7) is 4.52. The van der Waals surface area contributed by atoms with Crippen LogP contribution in [0.25, 0.3) is 0 Å². The molecule has 4 aliphatic carbocycles. The summed E-state index contributed by atoms with van der Waals surface area (Å²) in [5, 5.41) is 0. The molecule has 0 aromatic carbocycles. The number of carbonyl (C=O) groups excluding carboxylic acids is 3. The van der Waals surface area contributed by atoms with E-state index in [4.69, 9.17) is 9.47 Å². The topological polar surface area (TPSA) is 69.7 Å². The average molecular weight is 398 g/mol. The van der Waals surface area contributed by atoms with Gasteiger partial charge in [-0.2, -0.15) is 0 Å². The van der Waals surface area contributed by atoms with Gasteiger partial charge >= 0.3 is 11.9 Å². The molecule has 0 amide bonds. The molecule has 156 valence electrons. The van der Waals surface area contributed by atoms with Crippen molar-refractivity contribution < 1.29 is 23.9 Å². The highest BCUT2D eigenvalue weighted by Crippen LogP contribution is 2.69. The monoisotopic (exact) mass is 398 g/mol. The molecular formula is C24H30O5. The number of carbonyl (C=O) groups is 3. The number of rotatable bonds is 1. The molecule has 1 spiro atoms. The number of fused-ring (bicyclic) bond motifs is 6. The molecule has 0 unspecified atom stereocenters. The second-order valence-corrected chi connectivity index (χ2v) is 10.2. The second kappa shape index (κ2) is 6.05. The molecule has 2 saturated carbocycles. The summed E-state index contributed by atoms with van der Waals surface area (Å²) in [6, 6.07) is 0. The van der Waals surface area contributed by atoms with Gasteiger partial charge in [-0.3, -0.25) is 14.4 Å². The van der Waals surface area contributed by atoms with E-state index in [-0.39, 0.29) is 46.3 Å². The predicted molar refractivity (Wildman–Crippen MR) is 106 cm³/mol. The quantitative estimate of drug-likeness (QED) is 0.495. The van der Waals surface area contributed by atoms with Crippen LogP contribution < -0.4 is 0 Å². The molecular weight excluding hydrogens is 368 g/mol. The van der Waals surface area contributed by atoms with Crippen LogP contribution in [0.1, 0.15) is 65.2 Å². The molecule has 1 heterocycles. The summed E-state index contributed by atoms with van der Waals surface area (Å²) < 4.78 is 11.2. The normalized spacial score (nSPS) is 45.7. The van der Waals surface area contributed by atoms with Gasteiger partial charge in [0.2, 0.25) is 0 Å². The van der Waals surface area contributed by atoms with E-state index in [1.165, 1.54) is 12.7 Å². The Morgan fingerprint density at radius 3 is 2.66 bits per heavy atom. The summed E-state index contributed by atoms with van der Waals surface area (Å²) in [7, 11) is 1.46. The molecule has 1 aliphatic heterocycles. The largest absolute Gasteiger partial charge is 0.469 e. The van der Waals surface area contributed by atoms with Crippen molar-refractivity contribution in [1.29, 1.82) is 0 Å². The Hall–Kier alpha value is -1.91.